The molecule has 1 aliphatic rings. The number of nitro groups is 1. The van der Waals surface area contributed by atoms with Crippen LogP contribution in [0.1, 0.15) is 41.9 Å². The number of carbonyl (C=O) groups is 1. The van der Waals surface area contributed by atoms with Gasteiger partial charge in [0, 0.05) is 25.1 Å². The standard InChI is InChI=1S/C22H24N4O5/c1-3-31-20-11-15(18(26(28)29)12-19(20)30-2)22(27)25-10-6-7-14(13-25)21-23-16-8-4-5-9-17(16)24-21/h4-5,8-9,11-12,14H,3,6-7,10,13H2,1-2H3,(H,23,24). The molecule has 1 atom stereocenters. The average Bonchev–Trinajstić information content (AvgIpc) is 3.23. The van der Waals surface area contributed by atoms with Crippen LogP contribution in [0.2, 0.25) is 0 Å². The summed E-state index contributed by atoms with van der Waals surface area (Å²) in [6.45, 7) is 3.11. The van der Waals surface area contributed by atoms with E-state index in [4.69, 9.17) is 9.47 Å². The van der Waals surface area contributed by atoms with E-state index in [1.54, 1.807) is 11.8 Å². The van der Waals surface area contributed by atoms with Crippen molar-refractivity contribution >= 4 is 22.6 Å². The van der Waals surface area contributed by atoms with Gasteiger partial charge in [0.15, 0.2) is 11.5 Å². The molecule has 0 radical (unpaired) electrons. The Morgan fingerprint density at radius 2 is 2.13 bits per heavy atom. The number of aromatic amines is 1. The Labute approximate surface area is 179 Å². The van der Waals surface area contributed by atoms with Crippen LogP contribution in [-0.4, -0.2) is 52.5 Å². The van der Waals surface area contributed by atoms with Crippen molar-refractivity contribution in [2.75, 3.05) is 26.8 Å². The van der Waals surface area contributed by atoms with Crippen LogP contribution in [0.15, 0.2) is 36.4 Å². The average molecular weight is 424 g/mol. The zero-order chi connectivity index (χ0) is 22.0. The van der Waals surface area contributed by atoms with Crippen molar-refractivity contribution < 1.29 is 19.2 Å². The Kier molecular flexibility index (Phi) is 5.75. The largest absolute Gasteiger partial charge is 0.493 e. The quantitative estimate of drug-likeness (QED) is 0.475. The van der Waals surface area contributed by atoms with Crippen molar-refractivity contribution in [3.8, 4) is 11.5 Å². The molecule has 1 amide bonds. The number of H-pyrrole nitrogens is 1. The molecule has 0 bridgehead atoms. The Morgan fingerprint density at radius 3 is 2.84 bits per heavy atom. The first-order valence-electron chi connectivity index (χ1n) is 10.2. The van der Waals surface area contributed by atoms with Gasteiger partial charge in [0.25, 0.3) is 11.6 Å². The van der Waals surface area contributed by atoms with Crippen molar-refractivity contribution in [1.29, 1.82) is 0 Å². The number of piperidine rings is 1. The van der Waals surface area contributed by atoms with Crippen LogP contribution in [0.25, 0.3) is 11.0 Å². The van der Waals surface area contributed by atoms with Crippen LogP contribution >= 0.6 is 0 Å². The van der Waals surface area contributed by atoms with Crippen molar-refractivity contribution in [3.63, 3.8) is 0 Å². The molecule has 1 saturated heterocycles. The highest BCUT2D eigenvalue weighted by Crippen LogP contribution is 2.36. The number of benzene rings is 2. The molecule has 0 saturated carbocycles. The number of likely N-dealkylation sites (tertiary alicyclic amines) is 1. The molecule has 9 nitrogen and oxygen atoms in total. The maximum Gasteiger partial charge on any atom is 0.286 e. The number of aromatic nitrogens is 2. The van der Waals surface area contributed by atoms with E-state index in [2.05, 4.69) is 9.97 Å². The van der Waals surface area contributed by atoms with Gasteiger partial charge in [-0.2, -0.15) is 0 Å². The van der Waals surface area contributed by atoms with Gasteiger partial charge in [0.05, 0.1) is 35.7 Å². The second-order valence-corrected chi connectivity index (χ2v) is 7.44. The molecular weight excluding hydrogens is 400 g/mol. The Hall–Kier alpha value is -3.62. The second kappa shape index (κ2) is 8.63. The molecule has 162 valence electrons. The van der Waals surface area contributed by atoms with Gasteiger partial charge in [-0.25, -0.2) is 4.98 Å². The van der Waals surface area contributed by atoms with E-state index >= 15 is 0 Å². The molecule has 1 unspecified atom stereocenters. The van der Waals surface area contributed by atoms with E-state index in [-0.39, 0.29) is 22.9 Å². The van der Waals surface area contributed by atoms with Crippen molar-refractivity contribution in [3.05, 3.63) is 57.9 Å². The smallest absolute Gasteiger partial charge is 0.286 e. The fourth-order valence-corrected chi connectivity index (χ4v) is 4.02. The summed E-state index contributed by atoms with van der Waals surface area (Å²) in [7, 11) is 1.41. The third kappa shape index (κ3) is 4.03. The van der Waals surface area contributed by atoms with Crippen LogP contribution < -0.4 is 9.47 Å². The minimum atomic E-state index is -0.563. The summed E-state index contributed by atoms with van der Waals surface area (Å²) in [5, 5.41) is 11.7. The number of hydrogen-bond donors (Lipinski definition) is 1. The van der Waals surface area contributed by atoms with Crippen LogP contribution in [0.4, 0.5) is 5.69 Å². The third-order valence-corrected chi connectivity index (χ3v) is 5.51. The van der Waals surface area contributed by atoms with Gasteiger partial charge in [0.2, 0.25) is 0 Å². The van der Waals surface area contributed by atoms with Crippen LogP contribution in [-0.2, 0) is 0 Å². The number of methoxy groups -OCH3 is 1. The molecule has 1 aromatic heterocycles. The lowest BCUT2D eigenvalue weighted by atomic mass is 9.96. The van der Waals surface area contributed by atoms with E-state index < -0.39 is 10.8 Å². The van der Waals surface area contributed by atoms with Gasteiger partial charge < -0.3 is 19.4 Å². The highest BCUT2D eigenvalue weighted by Gasteiger charge is 2.32. The maximum atomic E-state index is 13.3. The molecule has 0 spiro atoms. The third-order valence-electron chi connectivity index (χ3n) is 5.51. The number of nitrogens with one attached hydrogen (secondary N) is 1. The first-order chi connectivity index (χ1) is 15.0. The van der Waals surface area contributed by atoms with Gasteiger partial charge in [-0.1, -0.05) is 12.1 Å². The van der Waals surface area contributed by atoms with Gasteiger partial charge in [0.1, 0.15) is 11.4 Å². The normalized spacial score (nSPS) is 16.3. The highest BCUT2D eigenvalue weighted by atomic mass is 16.6. The van der Waals surface area contributed by atoms with Gasteiger partial charge >= 0.3 is 0 Å². The fourth-order valence-electron chi connectivity index (χ4n) is 4.02. The molecule has 9 heteroatoms. The van der Waals surface area contributed by atoms with Crippen molar-refractivity contribution in [2.45, 2.75) is 25.7 Å². The van der Waals surface area contributed by atoms with Gasteiger partial charge in [-0.15, -0.1) is 0 Å². The molecule has 1 N–H and O–H groups in total. The molecule has 1 aliphatic heterocycles. The zero-order valence-corrected chi connectivity index (χ0v) is 17.5. The molecule has 2 heterocycles. The molecule has 3 aromatic rings. The number of carbonyl (C=O) groups excluding carboxylic acids is 1. The summed E-state index contributed by atoms with van der Waals surface area (Å²) in [4.78, 5) is 34.1. The molecule has 4 rings (SSSR count). The number of ether oxygens (including phenoxy) is 2. The summed E-state index contributed by atoms with van der Waals surface area (Å²) in [6.07, 6.45) is 1.67. The summed E-state index contributed by atoms with van der Waals surface area (Å²) < 4.78 is 10.7. The molecular formula is C22H24N4O5. The van der Waals surface area contributed by atoms with E-state index in [0.29, 0.717) is 25.4 Å². The Bertz CT molecular complexity index is 1090. The zero-order valence-electron chi connectivity index (χ0n) is 17.5. The molecule has 1 fully saturated rings. The number of nitrogens with zero attached hydrogens (tertiary/aromatic N) is 3. The first-order valence-corrected chi connectivity index (χ1v) is 10.2. The van der Waals surface area contributed by atoms with Gasteiger partial charge in [-0.3, -0.25) is 14.9 Å². The molecule has 31 heavy (non-hydrogen) atoms. The van der Waals surface area contributed by atoms with Crippen molar-refractivity contribution in [2.24, 2.45) is 0 Å². The number of hydrogen-bond acceptors (Lipinski definition) is 6. The lowest BCUT2D eigenvalue weighted by Crippen LogP contribution is -2.39. The lowest BCUT2D eigenvalue weighted by Gasteiger charge is -2.32. The monoisotopic (exact) mass is 424 g/mol. The number of para-hydroxylation sites is 2. The van der Waals surface area contributed by atoms with Crippen LogP contribution in [0.5, 0.6) is 11.5 Å². The number of fused-ring (bicyclic) bond motifs is 1. The highest BCUT2D eigenvalue weighted by molar-refractivity contribution is 5.99. The number of nitro benzene ring substituents is 1. The Morgan fingerprint density at radius 1 is 1.32 bits per heavy atom. The molecule has 2 aromatic carbocycles. The number of amides is 1. The summed E-state index contributed by atoms with van der Waals surface area (Å²) in [6, 6.07) is 10.4. The van der Waals surface area contributed by atoms with E-state index in [1.165, 1.54) is 19.2 Å². The van der Waals surface area contributed by atoms with E-state index in [1.807, 2.05) is 24.3 Å². The maximum absolute atomic E-state index is 13.3. The topological polar surface area (TPSA) is 111 Å². The van der Waals surface area contributed by atoms with Crippen LogP contribution in [0, 0.1) is 10.1 Å². The summed E-state index contributed by atoms with van der Waals surface area (Å²) >= 11 is 0. The predicted octanol–water partition coefficient (Wildman–Crippen LogP) is 3.90. The molecule has 0 aliphatic carbocycles. The SMILES string of the molecule is CCOc1cc(C(=O)N2CCCC(c3nc4ccccc4[nH]3)C2)c([N+](=O)[O-])cc1OC. The minimum absolute atomic E-state index is 0.000457. The van der Waals surface area contributed by atoms with E-state index in [0.717, 1.165) is 29.7 Å². The number of rotatable bonds is 6. The Balaban J connectivity index is 1.63. The first kappa shape index (κ1) is 20.6. The predicted molar refractivity (Wildman–Crippen MR) is 115 cm³/mol. The number of imidazole rings is 1. The van der Waals surface area contributed by atoms with Crippen molar-refractivity contribution in [1.82, 2.24) is 14.9 Å². The van der Waals surface area contributed by atoms with Crippen LogP contribution in [0.3, 0.4) is 0 Å². The lowest BCUT2D eigenvalue weighted by molar-refractivity contribution is -0.385. The van der Waals surface area contributed by atoms with Gasteiger partial charge in [-0.05, 0) is 31.9 Å². The second-order valence-electron chi connectivity index (χ2n) is 7.44. The minimum Gasteiger partial charge on any atom is -0.493 e. The van der Waals surface area contributed by atoms with E-state index in [9.17, 15) is 14.9 Å². The summed E-state index contributed by atoms with van der Waals surface area (Å²) in [5.74, 6) is 1.01. The summed E-state index contributed by atoms with van der Waals surface area (Å²) in [5.41, 5.74) is 1.54. The fraction of sp³-hybridized carbons (Fsp3) is 0.364.